The predicted molar refractivity (Wildman–Crippen MR) is 463 cm³/mol. The van der Waals surface area contributed by atoms with Crippen molar-refractivity contribution >= 4 is 39.5 Å². The zero-order valence-electron chi connectivity index (χ0n) is 75.2. The molecule has 0 rings (SSSR count). The summed E-state index contributed by atoms with van der Waals surface area (Å²) in [5, 5.41) is 0. The summed E-state index contributed by atoms with van der Waals surface area (Å²) < 4.78 is 67.9. The zero-order chi connectivity index (χ0) is 82.9. The molecule has 0 spiro atoms. The van der Waals surface area contributed by atoms with Crippen LogP contribution in [0.3, 0.4) is 0 Å². The third kappa shape index (κ3) is 91.9. The first kappa shape index (κ1) is 112. The second-order valence-electron chi connectivity index (χ2n) is 35.0. The maximum Gasteiger partial charge on any atom is 0.306 e. The molecule has 668 valence electrons. The minimum Gasteiger partial charge on any atom is -0.756 e. The smallest absolute Gasteiger partial charge is 0.306 e. The third-order valence-corrected chi connectivity index (χ3v) is 23.2. The number of quaternary nitrogens is 2. The van der Waals surface area contributed by atoms with E-state index < -0.39 is 53.0 Å². The van der Waals surface area contributed by atoms with Gasteiger partial charge in [-0.25, -0.2) is 0 Å². The molecule has 0 aromatic rings. The highest BCUT2D eigenvalue weighted by atomic mass is 31.2. The summed E-state index contributed by atoms with van der Waals surface area (Å²) in [5.74, 6) is -1.63. The molecule has 0 fully saturated rings. The number of ether oxygens (including phenoxy) is 4. The highest BCUT2D eigenvalue weighted by Gasteiger charge is 2.24. The van der Waals surface area contributed by atoms with Gasteiger partial charge in [-0.2, -0.15) is 0 Å². The van der Waals surface area contributed by atoms with E-state index in [1.54, 1.807) is 0 Å². The first-order valence-electron chi connectivity index (χ1n) is 47.5. The minimum absolute atomic E-state index is 0.0255. The van der Waals surface area contributed by atoms with Crippen molar-refractivity contribution in [3.05, 3.63) is 0 Å². The van der Waals surface area contributed by atoms with Gasteiger partial charge in [-0.05, 0) is 25.7 Å². The molecular weight excluding hydrogens is 1450 g/mol. The standard InChI is InChI=1S/2C46H92NO8P/c1-6-8-10-12-14-16-18-20-21-22-23-24-25-27-29-31-33-35-37-39-46(49)55-44(43-54-56(50,51)53-41-40-47(3,4)5)42-52-45(48)38-36-34-32-30-28-26-19-17-15-13-11-9-7-2;1-6-8-10-12-14-16-18-20-22-23-25-27-29-31-33-35-37-39-46(49)55-44(43-54-56(50,51)53-41-40-47(3,4)5)42-52-45(48)38-36-34-32-30-28-26-24-21-19-17-15-13-11-9-7-2/h2*44H,6-43H2,1-5H3. The van der Waals surface area contributed by atoms with Crippen molar-refractivity contribution in [1.29, 1.82) is 0 Å². The molecule has 4 unspecified atom stereocenters. The highest BCUT2D eigenvalue weighted by molar-refractivity contribution is 7.46. The zero-order valence-corrected chi connectivity index (χ0v) is 77.0. The first-order valence-corrected chi connectivity index (χ1v) is 50.4. The molecular formula is C92H184N2O16P2. The summed E-state index contributed by atoms with van der Waals surface area (Å²) in [6.45, 7) is 8.55. The second-order valence-corrected chi connectivity index (χ2v) is 37.8. The molecule has 0 aromatic carbocycles. The normalized spacial score (nSPS) is 13.5. The van der Waals surface area contributed by atoms with Gasteiger partial charge in [0.1, 0.15) is 39.5 Å². The molecule has 0 radical (unpaired) electrons. The number of rotatable bonds is 88. The Balaban J connectivity index is 0. The van der Waals surface area contributed by atoms with E-state index in [1.807, 2.05) is 42.3 Å². The Bertz CT molecular complexity index is 2150. The Labute approximate surface area is 691 Å². The van der Waals surface area contributed by atoms with Crippen molar-refractivity contribution < 1.29 is 84.1 Å². The van der Waals surface area contributed by atoms with Gasteiger partial charge < -0.3 is 55.8 Å². The lowest BCUT2D eigenvalue weighted by molar-refractivity contribution is -0.870. The Morgan fingerprint density at radius 2 is 0.402 bits per heavy atom. The van der Waals surface area contributed by atoms with Gasteiger partial charge in [-0.3, -0.25) is 28.3 Å². The van der Waals surface area contributed by atoms with E-state index in [1.165, 1.54) is 334 Å². The van der Waals surface area contributed by atoms with Crippen molar-refractivity contribution in [2.45, 2.75) is 477 Å². The maximum absolute atomic E-state index is 12.7. The lowest BCUT2D eigenvalue weighted by atomic mass is 10.0. The van der Waals surface area contributed by atoms with E-state index in [4.69, 9.17) is 37.0 Å². The summed E-state index contributed by atoms with van der Waals surface area (Å²) in [4.78, 5) is 75.2. The van der Waals surface area contributed by atoms with Crippen LogP contribution in [0.4, 0.5) is 0 Å². The van der Waals surface area contributed by atoms with Crippen molar-refractivity contribution in [2.24, 2.45) is 0 Å². The van der Waals surface area contributed by atoms with Crippen LogP contribution in [0.25, 0.3) is 0 Å². The van der Waals surface area contributed by atoms with Gasteiger partial charge >= 0.3 is 23.9 Å². The quantitative estimate of drug-likeness (QED) is 0.0181. The summed E-state index contributed by atoms with van der Waals surface area (Å²) in [6.07, 6.45) is 79.6. The molecule has 0 N–H and O–H groups in total. The van der Waals surface area contributed by atoms with Crippen LogP contribution in [0.2, 0.25) is 0 Å². The molecule has 0 bridgehead atoms. The average molecular weight is 1640 g/mol. The molecule has 0 aromatic heterocycles. The van der Waals surface area contributed by atoms with Gasteiger partial charge in [-0.15, -0.1) is 0 Å². The Kier molecular flexibility index (Phi) is 82.8. The van der Waals surface area contributed by atoms with Crippen LogP contribution in [-0.4, -0.2) is 140 Å². The largest absolute Gasteiger partial charge is 0.756 e. The molecule has 0 aliphatic rings. The first-order chi connectivity index (χ1) is 54.0. The molecule has 0 aliphatic heterocycles. The fourth-order valence-electron chi connectivity index (χ4n) is 13.8. The van der Waals surface area contributed by atoms with Crippen LogP contribution in [-0.2, 0) is 65.4 Å². The Morgan fingerprint density at radius 1 is 0.241 bits per heavy atom. The fourth-order valence-corrected chi connectivity index (χ4v) is 15.2. The summed E-state index contributed by atoms with van der Waals surface area (Å²) >= 11 is 0. The average Bonchev–Trinajstić information content (AvgIpc) is 0.906. The lowest BCUT2D eigenvalue weighted by Crippen LogP contribution is -2.37. The summed E-state index contributed by atoms with van der Waals surface area (Å²) in [5.41, 5.74) is 0. The fraction of sp³-hybridized carbons (Fsp3) is 0.957. The predicted octanol–water partition coefficient (Wildman–Crippen LogP) is 25.9. The van der Waals surface area contributed by atoms with Crippen LogP contribution in [0, 0.1) is 0 Å². The van der Waals surface area contributed by atoms with Crippen LogP contribution in [0.1, 0.15) is 464 Å². The van der Waals surface area contributed by atoms with Gasteiger partial charge in [0.15, 0.2) is 12.2 Å². The van der Waals surface area contributed by atoms with Crippen LogP contribution >= 0.6 is 15.6 Å². The van der Waals surface area contributed by atoms with Gasteiger partial charge in [-0.1, -0.05) is 413 Å². The molecule has 0 amide bonds. The van der Waals surface area contributed by atoms with Crippen molar-refractivity contribution in [2.75, 3.05) is 95.0 Å². The van der Waals surface area contributed by atoms with E-state index in [9.17, 15) is 38.1 Å². The van der Waals surface area contributed by atoms with Gasteiger partial charge in [0.2, 0.25) is 0 Å². The van der Waals surface area contributed by atoms with E-state index in [0.29, 0.717) is 34.9 Å². The SMILES string of the molecule is CCCCCCCCCCCCCCCCCCCC(=O)OC(COC(=O)CCCCCCCCCCCCCCCCC)COP(=O)([O-])OCC[N+](C)(C)C.CCCCCCCCCCCCCCCCCCCCCC(=O)OC(COC(=O)CCCCCCCCCCCCCCC)COP(=O)([O-])OCC[N+](C)(C)C. The van der Waals surface area contributed by atoms with Gasteiger partial charge in [0.05, 0.1) is 55.5 Å². The second kappa shape index (κ2) is 82.7. The van der Waals surface area contributed by atoms with E-state index in [0.717, 1.165) is 64.2 Å². The topological polar surface area (TPSA) is 222 Å². The highest BCUT2D eigenvalue weighted by Crippen LogP contribution is 2.39. The van der Waals surface area contributed by atoms with Crippen molar-refractivity contribution in [3.63, 3.8) is 0 Å². The lowest BCUT2D eigenvalue weighted by Gasteiger charge is -2.28. The van der Waals surface area contributed by atoms with E-state index in [2.05, 4.69) is 27.7 Å². The number of esters is 4. The molecule has 20 heteroatoms. The number of likely N-dealkylation sites (N-methyl/N-ethyl adjacent to an activating group) is 2. The molecule has 0 heterocycles. The number of nitrogens with zero attached hydrogens (tertiary/aromatic N) is 2. The van der Waals surface area contributed by atoms with Crippen molar-refractivity contribution in [1.82, 2.24) is 0 Å². The van der Waals surface area contributed by atoms with Crippen LogP contribution in [0.5, 0.6) is 0 Å². The minimum atomic E-state index is -4.62. The van der Waals surface area contributed by atoms with E-state index in [-0.39, 0.29) is 64.0 Å². The Morgan fingerprint density at radius 3 is 0.571 bits per heavy atom. The Hall–Kier alpha value is -1.98. The van der Waals surface area contributed by atoms with Crippen LogP contribution in [0.15, 0.2) is 0 Å². The number of phosphoric acid groups is 2. The molecule has 0 saturated carbocycles. The van der Waals surface area contributed by atoms with Gasteiger partial charge in [0.25, 0.3) is 15.6 Å². The monoisotopic (exact) mass is 1640 g/mol. The summed E-state index contributed by atoms with van der Waals surface area (Å²) in [6, 6.07) is 0. The number of hydrogen-bond donors (Lipinski definition) is 0. The molecule has 0 aliphatic carbocycles. The maximum atomic E-state index is 12.7. The number of carbonyl (C=O) groups is 4. The molecule has 0 saturated heterocycles. The number of hydrogen-bond acceptors (Lipinski definition) is 16. The molecule has 4 atom stereocenters. The molecule has 18 nitrogen and oxygen atoms in total. The van der Waals surface area contributed by atoms with Crippen LogP contribution < -0.4 is 9.79 Å². The van der Waals surface area contributed by atoms with E-state index >= 15 is 0 Å². The number of carbonyl (C=O) groups excluding carboxylic acids is 4. The number of phosphoric ester groups is 2. The third-order valence-electron chi connectivity index (χ3n) is 21.3. The molecule has 112 heavy (non-hydrogen) atoms. The van der Waals surface area contributed by atoms with Gasteiger partial charge in [0, 0.05) is 25.7 Å². The summed E-state index contributed by atoms with van der Waals surface area (Å²) in [7, 11) is 2.37. The van der Waals surface area contributed by atoms with Crippen molar-refractivity contribution in [3.8, 4) is 0 Å². The number of unbranched alkanes of at least 4 members (excludes halogenated alkanes) is 60.